The van der Waals surface area contributed by atoms with Crippen LogP contribution >= 0.6 is 11.6 Å². The van der Waals surface area contributed by atoms with Crippen molar-refractivity contribution in [3.63, 3.8) is 0 Å². The van der Waals surface area contributed by atoms with Gasteiger partial charge in [-0.05, 0) is 18.3 Å². The van der Waals surface area contributed by atoms with Gasteiger partial charge in [-0.15, -0.1) is 11.6 Å². The molecule has 0 spiro atoms. The Balaban J connectivity index is 2.11. The number of carbonyl (C=O) groups is 1. The molecule has 0 aromatic heterocycles. The molecule has 3 heteroatoms. The number of halogens is 1. The van der Waals surface area contributed by atoms with Crippen molar-refractivity contribution >= 4 is 17.5 Å². The molecule has 1 fully saturated rings. The highest BCUT2D eigenvalue weighted by atomic mass is 35.5. The Morgan fingerprint density at radius 2 is 2.33 bits per heavy atom. The van der Waals surface area contributed by atoms with Crippen LogP contribution in [0.2, 0.25) is 0 Å². The van der Waals surface area contributed by atoms with E-state index in [2.05, 4.69) is 12.2 Å². The van der Waals surface area contributed by atoms with Gasteiger partial charge in [0.05, 0.1) is 0 Å². The number of hydrogen-bond donors (Lipinski definition) is 1. The van der Waals surface area contributed by atoms with Crippen LogP contribution in [-0.2, 0) is 4.79 Å². The van der Waals surface area contributed by atoms with Gasteiger partial charge in [0.15, 0.2) is 0 Å². The average Bonchev–Trinajstić information content (AvgIpc) is 2.77. The molecule has 0 aromatic rings. The van der Waals surface area contributed by atoms with E-state index in [1.165, 1.54) is 0 Å². The molecule has 1 N–H and O–H groups in total. The largest absolute Gasteiger partial charge is 0.356 e. The van der Waals surface area contributed by atoms with Crippen molar-refractivity contribution in [1.82, 2.24) is 5.32 Å². The quantitative estimate of drug-likeness (QED) is 0.670. The van der Waals surface area contributed by atoms with Crippen molar-refractivity contribution in [2.75, 3.05) is 12.4 Å². The maximum atomic E-state index is 11.3. The van der Waals surface area contributed by atoms with E-state index in [9.17, 15) is 4.79 Å². The van der Waals surface area contributed by atoms with Gasteiger partial charge in [-0.1, -0.05) is 13.8 Å². The summed E-state index contributed by atoms with van der Waals surface area (Å²) in [5.41, 5.74) is 0. The van der Waals surface area contributed by atoms with Gasteiger partial charge in [0, 0.05) is 18.3 Å². The maximum Gasteiger partial charge on any atom is 0.223 e. The molecule has 1 aliphatic rings. The fraction of sp³-hybridized carbons (Fsp3) is 0.889. The molecule has 0 aliphatic heterocycles. The van der Waals surface area contributed by atoms with E-state index in [4.69, 9.17) is 11.6 Å². The summed E-state index contributed by atoms with van der Waals surface area (Å²) < 4.78 is 0. The van der Waals surface area contributed by atoms with Crippen LogP contribution in [0.5, 0.6) is 0 Å². The first kappa shape index (κ1) is 9.85. The van der Waals surface area contributed by atoms with E-state index in [1.54, 1.807) is 0 Å². The monoisotopic (exact) mass is 189 g/mol. The summed E-state index contributed by atoms with van der Waals surface area (Å²) in [5, 5.41) is 2.90. The minimum absolute atomic E-state index is 0.208. The Morgan fingerprint density at radius 3 is 2.75 bits per heavy atom. The Kier molecular flexibility index (Phi) is 3.39. The lowest BCUT2D eigenvalue weighted by Crippen LogP contribution is -2.30. The molecule has 0 heterocycles. The second-order valence-electron chi connectivity index (χ2n) is 3.82. The van der Waals surface area contributed by atoms with E-state index < -0.39 is 0 Å². The maximum absolute atomic E-state index is 11.3. The molecule has 1 aliphatic carbocycles. The van der Waals surface area contributed by atoms with Gasteiger partial charge in [-0.3, -0.25) is 4.79 Å². The van der Waals surface area contributed by atoms with Gasteiger partial charge >= 0.3 is 0 Å². The molecule has 0 saturated heterocycles. The molecule has 1 saturated carbocycles. The molecule has 1 rings (SSSR count). The zero-order valence-corrected chi connectivity index (χ0v) is 8.40. The number of alkyl halides is 1. The summed E-state index contributed by atoms with van der Waals surface area (Å²) in [6.45, 7) is 4.85. The normalized spacial score (nSPS) is 29.6. The van der Waals surface area contributed by atoms with Crippen LogP contribution in [0.4, 0.5) is 0 Å². The van der Waals surface area contributed by atoms with Crippen LogP contribution in [0.1, 0.15) is 20.3 Å². The summed E-state index contributed by atoms with van der Waals surface area (Å²) in [7, 11) is 0. The lowest BCUT2D eigenvalue weighted by atomic mass is 10.2. The molecule has 0 aromatic carbocycles. The summed E-state index contributed by atoms with van der Waals surface area (Å²) in [6.07, 6.45) is 1.06. The highest BCUT2D eigenvalue weighted by molar-refractivity contribution is 6.18. The van der Waals surface area contributed by atoms with E-state index in [0.717, 1.165) is 6.42 Å². The van der Waals surface area contributed by atoms with Crippen molar-refractivity contribution in [3.8, 4) is 0 Å². The van der Waals surface area contributed by atoms with Gasteiger partial charge in [-0.25, -0.2) is 0 Å². The molecule has 1 amide bonds. The van der Waals surface area contributed by atoms with Gasteiger partial charge in [0.25, 0.3) is 0 Å². The number of amides is 1. The van der Waals surface area contributed by atoms with Crippen LogP contribution in [0.15, 0.2) is 0 Å². The molecule has 0 radical (unpaired) electrons. The van der Waals surface area contributed by atoms with Crippen LogP contribution in [-0.4, -0.2) is 18.3 Å². The van der Waals surface area contributed by atoms with Gasteiger partial charge in [0.2, 0.25) is 5.91 Å². The molecule has 2 nitrogen and oxygen atoms in total. The number of rotatable bonds is 4. The van der Waals surface area contributed by atoms with E-state index in [-0.39, 0.29) is 11.8 Å². The SMILES string of the molecule is CC(CCl)CNC(=O)C1CC1C. The highest BCUT2D eigenvalue weighted by Gasteiger charge is 2.38. The smallest absolute Gasteiger partial charge is 0.223 e. The third-order valence-electron chi connectivity index (χ3n) is 2.33. The van der Waals surface area contributed by atoms with E-state index in [0.29, 0.717) is 24.3 Å². The standard InChI is InChI=1S/C9H16ClNO/c1-6(4-10)5-11-9(12)8-3-7(8)2/h6-8H,3-5H2,1-2H3,(H,11,12). The van der Waals surface area contributed by atoms with E-state index >= 15 is 0 Å². The zero-order valence-electron chi connectivity index (χ0n) is 7.64. The zero-order chi connectivity index (χ0) is 9.14. The average molecular weight is 190 g/mol. The van der Waals surface area contributed by atoms with Crippen LogP contribution in [0, 0.1) is 17.8 Å². The Bertz CT molecular complexity index is 172. The second-order valence-corrected chi connectivity index (χ2v) is 4.13. The number of nitrogens with one attached hydrogen (secondary N) is 1. The predicted molar refractivity (Wildman–Crippen MR) is 50.2 cm³/mol. The Hall–Kier alpha value is -0.240. The summed E-state index contributed by atoms with van der Waals surface area (Å²) in [6, 6.07) is 0. The highest BCUT2D eigenvalue weighted by Crippen LogP contribution is 2.37. The van der Waals surface area contributed by atoms with Gasteiger partial charge in [0.1, 0.15) is 0 Å². The number of carbonyl (C=O) groups excluding carboxylic acids is 1. The van der Waals surface area contributed by atoms with Gasteiger partial charge in [-0.2, -0.15) is 0 Å². The molecule has 12 heavy (non-hydrogen) atoms. The first-order chi connectivity index (χ1) is 5.65. The molecular weight excluding hydrogens is 174 g/mol. The van der Waals surface area contributed by atoms with Crippen molar-refractivity contribution in [2.45, 2.75) is 20.3 Å². The van der Waals surface area contributed by atoms with Crippen LogP contribution in [0.3, 0.4) is 0 Å². The first-order valence-electron chi connectivity index (χ1n) is 4.48. The second kappa shape index (κ2) is 4.13. The molecule has 0 bridgehead atoms. The lowest BCUT2D eigenvalue weighted by Gasteiger charge is -2.08. The van der Waals surface area contributed by atoms with Crippen molar-refractivity contribution < 1.29 is 4.79 Å². The van der Waals surface area contributed by atoms with E-state index in [1.807, 2.05) is 6.92 Å². The van der Waals surface area contributed by atoms with Crippen LogP contribution in [0.25, 0.3) is 0 Å². The lowest BCUT2D eigenvalue weighted by molar-refractivity contribution is -0.122. The third kappa shape index (κ3) is 2.67. The fourth-order valence-corrected chi connectivity index (χ4v) is 1.26. The first-order valence-corrected chi connectivity index (χ1v) is 5.02. The molecule has 3 unspecified atom stereocenters. The topological polar surface area (TPSA) is 29.1 Å². The molecule has 70 valence electrons. The summed E-state index contributed by atoms with van der Waals surface area (Å²) >= 11 is 5.61. The predicted octanol–water partition coefficient (Wildman–Crippen LogP) is 1.63. The minimum atomic E-state index is 0.208. The molecule has 3 atom stereocenters. The molecular formula is C9H16ClNO. The third-order valence-corrected chi connectivity index (χ3v) is 2.86. The minimum Gasteiger partial charge on any atom is -0.356 e. The van der Waals surface area contributed by atoms with Gasteiger partial charge < -0.3 is 5.32 Å². The summed E-state index contributed by atoms with van der Waals surface area (Å²) in [5.74, 6) is 2.08. The Labute approximate surface area is 78.7 Å². The van der Waals surface area contributed by atoms with Crippen LogP contribution < -0.4 is 5.32 Å². The Morgan fingerprint density at radius 1 is 1.75 bits per heavy atom. The number of hydrogen-bond acceptors (Lipinski definition) is 1. The fourth-order valence-electron chi connectivity index (χ4n) is 1.15. The van der Waals surface area contributed by atoms with Crippen molar-refractivity contribution in [2.24, 2.45) is 17.8 Å². The van der Waals surface area contributed by atoms with Crippen molar-refractivity contribution in [3.05, 3.63) is 0 Å². The summed E-state index contributed by atoms with van der Waals surface area (Å²) in [4.78, 5) is 11.3. The van der Waals surface area contributed by atoms with Crippen molar-refractivity contribution in [1.29, 1.82) is 0 Å².